The molecular weight excluding hydrogens is 289 g/mol. The second-order valence-electron chi connectivity index (χ2n) is 4.85. The van der Waals surface area contributed by atoms with Crippen LogP contribution in [0.5, 0.6) is 0 Å². The normalized spacial score (nSPS) is 15.0. The number of halogens is 3. The molecular formula is C12H15F3N4O2. The summed E-state index contributed by atoms with van der Waals surface area (Å²) in [6.07, 6.45) is -1.03. The highest BCUT2D eigenvalue weighted by molar-refractivity contribution is 5.61. The van der Waals surface area contributed by atoms with Crippen molar-refractivity contribution in [3.05, 3.63) is 28.1 Å². The molecule has 6 nitrogen and oxygen atoms in total. The standard InChI is InChI=1S/C12H15F3N4O2/c13-12(14,15)11-6-9(10(7-18-11)19(20)21)17-5-1-4-16-8-2-3-8/h6-8,16H,1-5H2,(H,17,18). The summed E-state index contributed by atoms with van der Waals surface area (Å²) >= 11 is 0. The Hall–Kier alpha value is -1.90. The van der Waals surface area contributed by atoms with Crippen molar-refractivity contribution in [2.75, 3.05) is 18.4 Å². The van der Waals surface area contributed by atoms with E-state index in [0.29, 0.717) is 31.3 Å². The highest BCUT2D eigenvalue weighted by Crippen LogP contribution is 2.32. The Morgan fingerprint density at radius 1 is 1.38 bits per heavy atom. The minimum atomic E-state index is -4.63. The van der Waals surface area contributed by atoms with Gasteiger partial charge in [0.15, 0.2) is 0 Å². The summed E-state index contributed by atoms with van der Waals surface area (Å²) in [5, 5.41) is 16.7. The third-order valence-electron chi connectivity index (χ3n) is 3.05. The number of aromatic nitrogens is 1. The first kappa shape index (κ1) is 15.5. The SMILES string of the molecule is O=[N+]([O-])c1cnc(C(F)(F)F)cc1NCCCNC1CC1. The van der Waals surface area contributed by atoms with Gasteiger partial charge in [-0.2, -0.15) is 13.2 Å². The summed E-state index contributed by atoms with van der Waals surface area (Å²) in [4.78, 5) is 13.1. The third kappa shape index (κ3) is 4.55. The van der Waals surface area contributed by atoms with E-state index < -0.39 is 22.5 Å². The summed E-state index contributed by atoms with van der Waals surface area (Å²) < 4.78 is 37.7. The molecule has 2 N–H and O–H groups in total. The third-order valence-corrected chi connectivity index (χ3v) is 3.05. The molecule has 1 aromatic heterocycles. The van der Waals surface area contributed by atoms with Crippen LogP contribution in [0.4, 0.5) is 24.5 Å². The molecule has 0 spiro atoms. The fourth-order valence-electron chi connectivity index (χ4n) is 1.80. The summed E-state index contributed by atoms with van der Waals surface area (Å²) in [6.45, 7) is 1.07. The largest absolute Gasteiger partial charge is 0.433 e. The maximum absolute atomic E-state index is 12.6. The number of hydrogen-bond donors (Lipinski definition) is 2. The number of rotatable bonds is 7. The molecule has 1 heterocycles. The minimum Gasteiger partial charge on any atom is -0.379 e. The van der Waals surface area contributed by atoms with Crippen LogP contribution in [0, 0.1) is 10.1 Å². The van der Waals surface area contributed by atoms with Crippen LogP contribution < -0.4 is 10.6 Å². The molecule has 0 radical (unpaired) electrons. The van der Waals surface area contributed by atoms with Crippen molar-refractivity contribution >= 4 is 11.4 Å². The quantitative estimate of drug-likeness (QED) is 0.460. The predicted molar refractivity (Wildman–Crippen MR) is 70.0 cm³/mol. The van der Waals surface area contributed by atoms with Crippen LogP contribution in [0.15, 0.2) is 12.3 Å². The fraction of sp³-hybridized carbons (Fsp3) is 0.583. The van der Waals surface area contributed by atoms with Gasteiger partial charge in [-0.3, -0.25) is 10.1 Å². The summed E-state index contributed by atoms with van der Waals surface area (Å²) in [6, 6.07) is 1.23. The van der Waals surface area contributed by atoms with Gasteiger partial charge in [-0.05, 0) is 31.9 Å². The van der Waals surface area contributed by atoms with Crippen LogP contribution >= 0.6 is 0 Å². The molecule has 1 aliphatic carbocycles. The Bertz CT molecular complexity index is 518. The summed E-state index contributed by atoms with van der Waals surface area (Å²) in [5.74, 6) is 0. The molecule has 1 aliphatic rings. The van der Waals surface area contributed by atoms with E-state index >= 15 is 0 Å². The molecule has 2 rings (SSSR count). The highest BCUT2D eigenvalue weighted by Gasteiger charge is 2.34. The van der Waals surface area contributed by atoms with Gasteiger partial charge in [-0.15, -0.1) is 0 Å². The van der Waals surface area contributed by atoms with E-state index in [1.54, 1.807) is 0 Å². The zero-order valence-corrected chi connectivity index (χ0v) is 11.1. The van der Waals surface area contributed by atoms with E-state index in [4.69, 9.17) is 0 Å². The first-order valence-corrected chi connectivity index (χ1v) is 6.57. The number of anilines is 1. The number of nitrogens with one attached hydrogen (secondary N) is 2. The van der Waals surface area contributed by atoms with E-state index in [-0.39, 0.29) is 5.69 Å². The van der Waals surface area contributed by atoms with E-state index in [9.17, 15) is 23.3 Å². The maximum Gasteiger partial charge on any atom is 0.433 e. The summed E-state index contributed by atoms with van der Waals surface area (Å²) in [7, 11) is 0. The molecule has 0 saturated heterocycles. The van der Waals surface area contributed by atoms with Gasteiger partial charge in [-0.1, -0.05) is 0 Å². The molecule has 0 unspecified atom stereocenters. The molecule has 0 aliphatic heterocycles. The molecule has 0 aromatic carbocycles. The van der Waals surface area contributed by atoms with Gasteiger partial charge in [-0.25, -0.2) is 4.98 Å². The second-order valence-corrected chi connectivity index (χ2v) is 4.85. The molecule has 0 bridgehead atoms. The number of nitro groups is 1. The maximum atomic E-state index is 12.6. The lowest BCUT2D eigenvalue weighted by molar-refractivity contribution is -0.384. The fourth-order valence-corrected chi connectivity index (χ4v) is 1.80. The molecule has 1 aromatic rings. The average molecular weight is 304 g/mol. The molecule has 21 heavy (non-hydrogen) atoms. The van der Waals surface area contributed by atoms with E-state index in [0.717, 1.165) is 19.4 Å². The molecule has 116 valence electrons. The Morgan fingerprint density at radius 2 is 2.10 bits per heavy atom. The topological polar surface area (TPSA) is 80.1 Å². The van der Waals surface area contributed by atoms with Crippen LogP contribution in [0.2, 0.25) is 0 Å². The molecule has 1 fully saturated rings. The molecule has 0 amide bonds. The number of nitrogens with zero attached hydrogens (tertiary/aromatic N) is 2. The van der Waals surface area contributed by atoms with E-state index in [2.05, 4.69) is 15.6 Å². The number of alkyl halides is 3. The second kappa shape index (κ2) is 6.25. The molecule has 0 atom stereocenters. The van der Waals surface area contributed by atoms with E-state index in [1.807, 2.05) is 0 Å². The van der Waals surface area contributed by atoms with Crippen molar-refractivity contribution in [3.63, 3.8) is 0 Å². The van der Waals surface area contributed by atoms with Gasteiger partial charge in [0.2, 0.25) is 0 Å². The first-order chi connectivity index (χ1) is 9.88. The zero-order valence-electron chi connectivity index (χ0n) is 11.1. The smallest absolute Gasteiger partial charge is 0.379 e. The average Bonchev–Trinajstić information content (AvgIpc) is 3.21. The zero-order chi connectivity index (χ0) is 15.5. The Labute approximate surface area is 118 Å². The van der Waals surface area contributed by atoms with Crippen molar-refractivity contribution in [2.45, 2.75) is 31.5 Å². The van der Waals surface area contributed by atoms with Crippen LogP contribution in [-0.4, -0.2) is 29.0 Å². The van der Waals surface area contributed by atoms with Gasteiger partial charge in [0, 0.05) is 12.6 Å². The van der Waals surface area contributed by atoms with Gasteiger partial charge >= 0.3 is 11.9 Å². The number of pyridine rings is 1. The van der Waals surface area contributed by atoms with Crippen molar-refractivity contribution in [1.29, 1.82) is 0 Å². The predicted octanol–water partition coefficient (Wildman–Crippen LogP) is 2.56. The van der Waals surface area contributed by atoms with Gasteiger partial charge in [0.1, 0.15) is 17.6 Å². The van der Waals surface area contributed by atoms with Gasteiger partial charge in [0.05, 0.1) is 4.92 Å². The first-order valence-electron chi connectivity index (χ1n) is 6.57. The van der Waals surface area contributed by atoms with Crippen LogP contribution in [0.3, 0.4) is 0 Å². The van der Waals surface area contributed by atoms with Crippen LogP contribution in [0.1, 0.15) is 25.0 Å². The van der Waals surface area contributed by atoms with Crippen molar-refractivity contribution in [3.8, 4) is 0 Å². The van der Waals surface area contributed by atoms with Gasteiger partial charge < -0.3 is 10.6 Å². The van der Waals surface area contributed by atoms with Gasteiger partial charge in [0.25, 0.3) is 0 Å². The van der Waals surface area contributed by atoms with Crippen molar-refractivity contribution in [1.82, 2.24) is 10.3 Å². The highest BCUT2D eigenvalue weighted by atomic mass is 19.4. The lowest BCUT2D eigenvalue weighted by atomic mass is 10.2. The molecule has 1 saturated carbocycles. The van der Waals surface area contributed by atoms with Crippen molar-refractivity contribution in [2.24, 2.45) is 0 Å². The van der Waals surface area contributed by atoms with E-state index in [1.165, 1.54) is 0 Å². The Kier molecular flexibility index (Phi) is 4.61. The molecule has 9 heteroatoms. The lowest BCUT2D eigenvalue weighted by Crippen LogP contribution is -2.20. The number of hydrogen-bond acceptors (Lipinski definition) is 5. The Morgan fingerprint density at radius 3 is 2.67 bits per heavy atom. The Balaban J connectivity index is 1.98. The monoisotopic (exact) mass is 304 g/mol. The van der Waals surface area contributed by atoms with Crippen LogP contribution in [0.25, 0.3) is 0 Å². The summed E-state index contributed by atoms with van der Waals surface area (Å²) in [5.41, 5.74) is -1.77. The minimum absolute atomic E-state index is 0.159. The van der Waals surface area contributed by atoms with Crippen LogP contribution in [-0.2, 0) is 6.18 Å². The van der Waals surface area contributed by atoms with Crippen molar-refractivity contribution < 1.29 is 18.1 Å². The lowest BCUT2D eigenvalue weighted by Gasteiger charge is -2.10.